The van der Waals surface area contributed by atoms with Gasteiger partial charge in [0.15, 0.2) is 0 Å². The molecule has 1 heterocycles. The molecule has 0 spiro atoms. The predicted molar refractivity (Wildman–Crippen MR) is 86.5 cm³/mol. The van der Waals surface area contributed by atoms with E-state index in [0.29, 0.717) is 0 Å². The number of hydrogen-bond donors (Lipinski definition) is 2. The van der Waals surface area contributed by atoms with Crippen LogP contribution in [0.15, 0.2) is 0 Å². The van der Waals surface area contributed by atoms with Crippen molar-refractivity contribution in [2.24, 2.45) is 5.92 Å². The highest BCUT2D eigenvalue weighted by atomic mass is 16.5. The molecule has 0 aromatic rings. The Morgan fingerprint density at radius 1 is 1.18 bits per heavy atom. The van der Waals surface area contributed by atoms with Crippen molar-refractivity contribution in [2.75, 3.05) is 20.2 Å². The SMILES string of the molecule is CC1CCCCCCCN(C)C(C)C(O)[C@](C)(O)COC1=O. The number of carbonyl (C=O) groups is 1. The van der Waals surface area contributed by atoms with Crippen LogP contribution in [-0.2, 0) is 9.53 Å². The van der Waals surface area contributed by atoms with Gasteiger partial charge in [0.25, 0.3) is 0 Å². The fraction of sp³-hybridized carbons (Fsp3) is 0.941. The lowest BCUT2D eigenvalue weighted by Gasteiger charge is -2.37. The Bertz CT molecular complexity index is 346. The summed E-state index contributed by atoms with van der Waals surface area (Å²) in [5.41, 5.74) is -1.44. The third-order valence-corrected chi connectivity index (χ3v) is 4.85. The van der Waals surface area contributed by atoms with E-state index in [2.05, 4.69) is 4.90 Å². The Morgan fingerprint density at radius 3 is 2.45 bits per heavy atom. The monoisotopic (exact) mass is 315 g/mol. The molecule has 0 radical (unpaired) electrons. The summed E-state index contributed by atoms with van der Waals surface area (Å²) in [5, 5.41) is 20.9. The fourth-order valence-electron chi connectivity index (χ4n) is 2.87. The maximum atomic E-state index is 12.0. The zero-order valence-corrected chi connectivity index (χ0v) is 14.5. The summed E-state index contributed by atoms with van der Waals surface area (Å²) in [6.07, 6.45) is 5.43. The summed E-state index contributed by atoms with van der Waals surface area (Å²) in [4.78, 5) is 14.0. The lowest BCUT2D eigenvalue weighted by molar-refractivity contribution is -0.166. The first-order valence-corrected chi connectivity index (χ1v) is 8.53. The van der Waals surface area contributed by atoms with Crippen LogP contribution in [0.2, 0.25) is 0 Å². The molecule has 0 saturated carbocycles. The summed E-state index contributed by atoms with van der Waals surface area (Å²) < 4.78 is 5.23. The summed E-state index contributed by atoms with van der Waals surface area (Å²) in [6, 6.07) is -0.198. The van der Waals surface area contributed by atoms with Gasteiger partial charge in [0, 0.05) is 6.04 Å². The Labute approximate surface area is 134 Å². The van der Waals surface area contributed by atoms with Crippen LogP contribution in [-0.4, -0.2) is 59.0 Å². The second kappa shape index (κ2) is 8.85. The molecule has 0 aromatic carbocycles. The van der Waals surface area contributed by atoms with E-state index in [1.807, 2.05) is 20.9 Å². The number of rotatable bonds is 0. The number of aliphatic hydroxyl groups excluding tert-OH is 1. The first-order chi connectivity index (χ1) is 10.3. The molecular weight excluding hydrogens is 282 g/mol. The van der Waals surface area contributed by atoms with Gasteiger partial charge in [-0.3, -0.25) is 4.79 Å². The molecular formula is C17H33NO4. The van der Waals surface area contributed by atoms with Crippen LogP contribution >= 0.6 is 0 Å². The third kappa shape index (κ3) is 5.86. The summed E-state index contributed by atoms with van der Waals surface area (Å²) in [7, 11) is 1.95. The van der Waals surface area contributed by atoms with Crippen molar-refractivity contribution in [3.8, 4) is 0 Å². The zero-order valence-electron chi connectivity index (χ0n) is 14.5. The first-order valence-electron chi connectivity index (χ1n) is 8.53. The lowest BCUT2D eigenvalue weighted by atomic mass is 9.93. The minimum absolute atomic E-state index is 0.154. The number of ether oxygens (including phenoxy) is 1. The largest absolute Gasteiger partial charge is 0.462 e. The van der Waals surface area contributed by atoms with Gasteiger partial charge < -0.3 is 19.8 Å². The quantitative estimate of drug-likeness (QED) is 0.669. The van der Waals surface area contributed by atoms with Crippen LogP contribution in [0.5, 0.6) is 0 Å². The number of carbonyl (C=O) groups excluding carboxylic acids is 1. The molecule has 0 amide bonds. The first kappa shape index (κ1) is 19.4. The number of nitrogens with zero attached hydrogens (tertiary/aromatic N) is 1. The zero-order chi connectivity index (χ0) is 16.8. The molecule has 3 unspecified atom stereocenters. The Morgan fingerprint density at radius 2 is 1.77 bits per heavy atom. The number of hydrogen-bond acceptors (Lipinski definition) is 5. The second-order valence-electron chi connectivity index (χ2n) is 7.09. The topological polar surface area (TPSA) is 70.0 Å². The molecule has 4 atom stereocenters. The molecule has 1 fully saturated rings. The van der Waals surface area contributed by atoms with E-state index in [9.17, 15) is 15.0 Å². The van der Waals surface area contributed by atoms with Crippen molar-refractivity contribution < 1.29 is 19.7 Å². The van der Waals surface area contributed by atoms with Crippen molar-refractivity contribution in [1.29, 1.82) is 0 Å². The summed E-state index contributed by atoms with van der Waals surface area (Å²) >= 11 is 0. The van der Waals surface area contributed by atoms with Crippen LogP contribution in [0.1, 0.15) is 59.3 Å². The van der Waals surface area contributed by atoms with Crippen molar-refractivity contribution >= 4 is 5.97 Å². The van der Waals surface area contributed by atoms with E-state index >= 15 is 0 Å². The normalized spacial score (nSPS) is 37.9. The van der Waals surface area contributed by atoms with Crippen LogP contribution in [0.4, 0.5) is 0 Å². The maximum Gasteiger partial charge on any atom is 0.308 e. The summed E-state index contributed by atoms with van der Waals surface area (Å²) in [6.45, 7) is 6.00. The van der Waals surface area contributed by atoms with Crippen molar-refractivity contribution in [1.82, 2.24) is 4.90 Å². The molecule has 1 aliphatic heterocycles. The van der Waals surface area contributed by atoms with Gasteiger partial charge in [-0.15, -0.1) is 0 Å². The fourth-order valence-corrected chi connectivity index (χ4v) is 2.87. The van der Waals surface area contributed by atoms with Gasteiger partial charge >= 0.3 is 5.97 Å². The maximum absolute atomic E-state index is 12.0. The average molecular weight is 315 g/mol. The van der Waals surface area contributed by atoms with Crippen LogP contribution in [0, 0.1) is 5.92 Å². The van der Waals surface area contributed by atoms with Gasteiger partial charge in [-0.1, -0.05) is 32.6 Å². The second-order valence-corrected chi connectivity index (χ2v) is 7.09. The Kier molecular flexibility index (Phi) is 7.80. The molecule has 0 aliphatic carbocycles. The highest BCUT2D eigenvalue weighted by Crippen LogP contribution is 2.20. The van der Waals surface area contributed by atoms with E-state index in [1.54, 1.807) is 0 Å². The predicted octanol–water partition coefficient (Wildman–Crippen LogP) is 1.95. The molecule has 0 bridgehead atoms. The van der Waals surface area contributed by atoms with Crippen LogP contribution in [0.25, 0.3) is 0 Å². The molecule has 22 heavy (non-hydrogen) atoms. The number of cyclic esters (lactones) is 1. The van der Waals surface area contributed by atoms with Gasteiger partial charge in [-0.05, 0) is 40.3 Å². The van der Waals surface area contributed by atoms with E-state index in [4.69, 9.17) is 4.74 Å². The van der Waals surface area contributed by atoms with Crippen molar-refractivity contribution in [3.63, 3.8) is 0 Å². The third-order valence-electron chi connectivity index (χ3n) is 4.85. The molecule has 1 saturated heterocycles. The minimum Gasteiger partial charge on any atom is -0.462 e. The number of aliphatic hydroxyl groups is 2. The Hall–Kier alpha value is -0.650. The van der Waals surface area contributed by atoms with E-state index in [0.717, 1.165) is 38.6 Å². The van der Waals surface area contributed by atoms with Gasteiger partial charge in [0.05, 0.1) is 5.92 Å². The average Bonchev–Trinajstić information content (AvgIpc) is 2.48. The van der Waals surface area contributed by atoms with Gasteiger partial charge in [0.1, 0.15) is 18.3 Å². The van der Waals surface area contributed by atoms with E-state index < -0.39 is 11.7 Å². The van der Waals surface area contributed by atoms with E-state index in [1.165, 1.54) is 13.3 Å². The van der Waals surface area contributed by atoms with Crippen molar-refractivity contribution in [2.45, 2.75) is 77.0 Å². The summed E-state index contributed by atoms with van der Waals surface area (Å²) in [5.74, 6) is -0.443. The molecule has 0 aromatic heterocycles. The number of esters is 1. The van der Waals surface area contributed by atoms with Gasteiger partial charge in [-0.25, -0.2) is 0 Å². The van der Waals surface area contributed by atoms with Gasteiger partial charge in [0.2, 0.25) is 0 Å². The van der Waals surface area contributed by atoms with Gasteiger partial charge in [-0.2, -0.15) is 0 Å². The molecule has 2 N–H and O–H groups in total. The molecule has 1 aliphatic rings. The molecule has 5 nitrogen and oxygen atoms in total. The smallest absolute Gasteiger partial charge is 0.308 e. The minimum atomic E-state index is -1.44. The molecule has 5 heteroatoms. The van der Waals surface area contributed by atoms with Crippen LogP contribution < -0.4 is 0 Å². The standard InChI is InChI=1S/C17H33NO4/c1-13-10-8-6-5-7-9-11-18(4)14(2)15(19)17(3,21)12-22-16(13)20/h13-15,19,21H,5-12H2,1-4H3/t13?,14?,15?,17-/m1/s1. The molecule has 130 valence electrons. The van der Waals surface area contributed by atoms with E-state index in [-0.39, 0.29) is 24.5 Å². The lowest BCUT2D eigenvalue weighted by Crippen LogP contribution is -2.54. The highest BCUT2D eigenvalue weighted by molar-refractivity contribution is 5.71. The van der Waals surface area contributed by atoms with Crippen LogP contribution in [0.3, 0.4) is 0 Å². The van der Waals surface area contributed by atoms with Crippen molar-refractivity contribution in [3.05, 3.63) is 0 Å². The molecule has 1 rings (SSSR count). The number of likely N-dealkylation sites (N-methyl/N-ethyl adjacent to an activating group) is 1. The Balaban J connectivity index is 2.74. The highest BCUT2D eigenvalue weighted by Gasteiger charge is 2.37.